The number of unbranched alkanes of at least 4 members (excludes halogenated alkanes) is 1. The van der Waals surface area contributed by atoms with Gasteiger partial charge in [0.15, 0.2) is 0 Å². The van der Waals surface area contributed by atoms with Gasteiger partial charge in [0.05, 0.1) is 0 Å². The van der Waals surface area contributed by atoms with E-state index in [0.29, 0.717) is 6.54 Å². The summed E-state index contributed by atoms with van der Waals surface area (Å²) < 4.78 is 0. The van der Waals surface area contributed by atoms with Crippen LogP contribution in [0, 0.1) is 0 Å². The fraction of sp³-hybridized carbons (Fsp3) is 0.571. The smallest absolute Gasteiger partial charge is 0.245 e. The summed E-state index contributed by atoms with van der Waals surface area (Å²) in [5, 5.41) is 0. The van der Waals surface area contributed by atoms with E-state index in [1.165, 1.54) is 0 Å². The Morgan fingerprint density at radius 1 is 1.73 bits per heavy atom. The van der Waals surface area contributed by atoms with Crippen LogP contribution in [0.2, 0.25) is 0 Å². The highest BCUT2D eigenvalue weighted by molar-refractivity contribution is 5.74. The topological polar surface area (TPSA) is 64.3 Å². The van der Waals surface area contributed by atoms with E-state index >= 15 is 0 Å². The van der Waals surface area contributed by atoms with Crippen molar-refractivity contribution in [3.8, 4) is 0 Å². The minimum absolute atomic E-state index is 0.0753. The molecule has 0 aromatic carbocycles. The molecule has 11 heavy (non-hydrogen) atoms. The number of nitrogens with one attached hydrogen (secondary N) is 1. The molecule has 0 saturated heterocycles. The van der Waals surface area contributed by atoms with Crippen LogP contribution in [0.1, 0.15) is 12.8 Å². The van der Waals surface area contributed by atoms with Gasteiger partial charge in [-0.25, -0.2) is 5.48 Å². The number of hydrogen-bond donors (Lipinski definition) is 2. The molecule has 0 fully saturated rings. The number of amides is 1. The van der Waals surface area contributed by atoms with Crippen molar-refractivity contribution in [1.29, 1.82) is 0 Å². The molecule has 3 N–H and O–H groups in total. The van der Waals surface area contributed by atoms with Gasteiger partial charge in [0, 0.05) is 6.54 Å². The van der Waals surface area contributed by atoms with E-state index < -0.39 is 5.91 Å². The average Bonchev–Trinajstić information content (AvgIpc) is 1.96. The molecule has 0 bridgehead atoms. The number of primary amides is 1. The molecule has 4 nitrogen and oxygen atoms in total. The second kappa shape index (κ2) is 7.24. The lowest BCUT2D eigenvalue weighted by atomic mass is 10.3. The van der Waals surface area contributed by atoms with Crippen molar-refractivity contribution >= 4 is 5.91 Å². The van der Waals surface area contributed by atoms with Crippen LogP contribution in [0.15, 0.2) is 12.7 Å². The highest BCUT2D eigenvalue weighted by atomic mass is 16.6. The van der Waals surface area contributed by atoms with Gasteiger partial charge in [-0.2, -0.15) is 0 Å². The molecular weight excluding hydrogens is 144 g/mol. The number of allylic oxidation sites excluding steroid dienone is 1. The van der Waals surface area contributed by atoms with Crippen LogP contribution in [-0.4, -0.2) is 19.1 Å². The van der Waals surface area contributed by atoms with E-state index in [4.69, 9.17) is 5.73 Å². The predicted octanol–water partition coefficient (Wildman–Crippen LogP) is -0.0409. The summed E-state index contributed by atoms with van der Waals surface area (Å²) in [5.74, 6) is -0.471. The molecule has 1 amide bonds. The van der Waals surface area contributed by atoms with E-state index in [9.17, 15) is 4.79 Å². The third-order valence-electron chi connectivity index (χ3n) is 1.00. The van der Waals surface area contributed by atoms with E-state index in [1.807, 2.05) is 6.08 Å². The second-order valence-corrected chi connectivity index (χ2v) is 2.08. The predicted molar refractivity (Wildman–Crippen MR) is 42.6 cm³/mol. The number of nitrogens with two attached hydrogens (primary N) is 1. The Balaban J connectivity index is 2.90. The van der Waals surface area contributed by atoms with E-state index in [0.717, 1.165) is 12.8 Å². The van der Waals surface area contributed by atoms with Gasteiger partial charge in [-0.15, -0.1) is 6.58 Å². The van der Waals surface area contributed by atoms with Gasteiger partial charge in [-0.3, -0.25) is 9.63 Å². The summed E-state index contributed by atoms with van der Waals surface area (Å²) in [6.07, 6.45) is 3.71. The Hall–Kier alpha value is -0.870. The monoisotopic (exact) mass is 158 g/mol. The van der Waals surface area contributed by atoms with Crippen molar-refractivity contribution in [3.63, 3.8) is 0 Å². The molecule has 0 aromatic rings. The summed E-state index contributed by atoms with van der Waals surface area (Å²) in [6.45, 7) is 4.20. The Morgan fingerprint density at radius 2 is 2.45 bits per heavy atom. The summed E-state index contributed by atoms with van der Waals surface area (Å²) in [4.78, 5) is 14.8. The molecule has 0 aliphatic heterocycles. The maximum absolute atomic E-state index is 10.1. The summed E-state index contributed by atoms with van der Waals surface area (Å²) in [6, 6.07) is 0. The van der Waals surface area contributed by atoms with Crippen LogP contribution in [0.5, 0.6) is 0 Å². The minimum Gasteiger partial charge on any atom is -0.368 e. The molecule has 0 atom stereocenters. The molecule has 0 rings (SSSR count). The molecular formula is C7H14N2O2. The van der Waals surface area contributed by atoms with E-state index in [-0.39, 0.29) is 6.61 Å². The first-order chi connectivity index (χ1) is 5.27. The SMILES string of the molecule is C=CCCCNOCC(N)=O. The summed E-state index contributed by atoms with van der Waals surface area (Å²) in [5.41, 5.74) is 7.42. The van der Waals surface area contributed by atoms with Gasteiger partial charge in [-0.1, -0.05) is 6.08 Å². The maximum Gasteiger partial charge on any atom is 0.245 e. The van der Waals surface area contributed by atoms with Gasteiger partial charge < -0.3 is 5.73 Å². The molecule has 0 heterocycles. The molecule has 0 aliphatic carbocycles. The lowest BCUT2D eigenvalue weighted by Crippen LogP contribution is -2.25. The number of rotatable bonds is 7. The Bertz CT molecular complexity index is 126. The van der Waals surface area contributed by atoms with Gasteiger partial charge in [-0.05, 0) is 12.8 Å². The maximum atomic E-state index is 10.1. The van der Waals surface area contributed by atoms with Gasteiger partial charge in [0.2, 0.25) is 5.91 Å². The first-order valence-corrected chi connectivity index (χ1v) is 3.51. The average molecular weight is 158 g/mol. The van der Waals surface area contributed by atoms with Crippen LogP contribution < -0.4 is 11.2 Å². The Morgan fingerprint density at radius 3 is 3.00 bits per heavy atom. The lowest BCUT2D eigenvalue weighted by molar-refractivity contribution is -0.125. The first kappa shape index (κ1) is 10.1. The zero-order valence-electron chi connectivity index (χ0n) is 6.51. The summed E-state index contributed by atoms with van der Waals surface area (Å²) in [7, 11) is 0. The Kier molecular flexibility index (Phi) is 6.67. The lowest BCUT2D eigenvalue weighted by Gasteiger charge is -2.01. The molecule has 0 aliphatic rings. The molecule has 0 spiro atoms. The van der Waals surface area contributed by atoms with Gasteiger partial charge >= 0.3 is 0 Å². The quantitative estimate of drug-likeness (QED) is 0.310. The normalized spacial score (nSPS) is 9.45. The fourth-order valence-electron chi connectivity index (χ4n) is 0.513. The molecule has 0 radical (unpaired) electrons. The van der Waals surface area contributed by atoms with Crippen LogP contribution in [0.3, 0.4) is 0 Å². The second-order valence-electron chi connectivity index (χ2n) is 2.08. The van der Waals surface area contributed by atoms with Crippen LogP contribution in [0.4, 0.5) is 0 Å². The Labute approximate surface area is 66.4 Å². The number of hydroxylamine groups is 1. The largest absolute Gasteiger partial charge is 0.368 e. The third kappa shape index (κ3) is 9.13. The molecule has 0 saturated carbocycles. The molecule has 4 heteroatoms. The van der Waals surface area contributed by atoms with Crippen molar-refractivity contribution in [1.82, 2.24) is 5.48 Å². The third-order valence-corrected chi connectivity index (χ3v) is 1.00. The van der Waals surface area contributed by atoms with Gasteiger partial charge in [0.25, 0.3) is 0 Å². The van der Waals surface area contributed by atoms with E-state index in [2.05, 4.69) is 16.9 Å². The highest BCUT2D eigenvalue weighted by Gasteiger charge is 1.91. The first-order valence-electron chi connectivity index (χ1n) is 3.51. The molecule has 64 valence electrons. The fourth-order valence-corrected chi connectivity index (χ4v) is 0.513. The number of carbonyl (C=O) groups is 1. The zero-order valence-corrected chi connectivity index (χ0v) is 6.51. The van der Waals surface area contributed by atoms with Crippen LogP contribution in [-0.2, 0) is 9.63 Å². The van der Waals surface area contributed by atoms with Crippen molar-refractivity contribution in [2.24, 2.45) is 5.73 Å². The highest BCUT2D eigenvalue weighted by Crippen LogP contribution is 1.85. The van der Waals surface area contributed by atoms with Crippen molar-refractivity contribution < 1.29 is 9.63 Å². The number of carbonyl (C=O) groups excluding carboxylic acids is 1. The molecule has 0 aromatic heterocycles. The van der Waals surface area contributed by atoms with Crippen molar-refractivity contribution in [2.45, 2.75) is 12.8 Å². The zero-order chi connectivity index (χ0) is 8.53. The van der Waals surface area contributed by atoms with Crippen molar-refractivity contribution in [2.75, 3.05) is 13.2 Å². The van der Waals surface area contributed by atoms with E-state index in [1.54, 1.807) is 0 Å². The van der Waals surface area contributed by atoms with Crippen LogP contribution >= 0.6 is 0 Å². The van der Waals surface area contributed by atoms with Crippen LogP contribution in [0.25, 0.3) is 0 Å². The minimum atomic E-state index is -0.471. The molecule has 0 unspecified atom stereocenters. The van der Waals surface area contributed by atoms with Crippen molar-refractivity contribution in [3.05, 3.63) is 12.7 Å². The number of hydrogen-bond acceptors (Lipinski definition) is 3. The standard InChI is InChI=1S/C7H14N2O2/c1-2-3-4-5-9-11-6-7(8)10/h2,9H,1,3-6H2,(H2,8,10). The van der Waals surface area contributed by atoms with Gasteiger partial charge in [0.1, 0.15) is 6.61 Å². The summed E-state index contributed by atoms with van der Waals surface area (Å²) >= 11 is 0.